The summed E-state index contributed by atoms with van der Waals surface area (Å²) in [4.78, 5) is 27.5. The Morgan fingerprint density at radius 2 is 1.81 bits per heavy atom. The number of carbonyl (C=O) groups excluding carboxylic acids is 1. The van der Waals surface area contributed by atoms with E-state index in [4.69, 9.17) is 0 Å². The van der Waals surface area contributed by atoms with E-state index in [0.29, 0.717) is 19.5 Å². The van der Waals surface area contributed by atoms with Gasteiger partial charge in [-0.1, -0.05) is 12.1 Å². The number of nitrogens with zero attached hydrogens (tertiary/aromatic N) is 5. The van der Waals surface area contributed by atoms with Gasteiger partial charge in [0, 0.05) is 43.8 Å². The van der Waals surface area contributed by atoms with Crippen LogP contribution in [-0.4, -0.2) is 43.4 Å². The van der Waals surface area contributed by atoms with Gasteiger partial charge in [0.15, 0.2) is 5.82 Å². The van der Waals surface area contributed by atoms with Gasteiger partial charge in [-0.05, 0) is 30.5 Å². The predicted molar refractivity (Wildman–Crippen MR) is 97.8 cm³/mol. The summed E-state index contributed by atoms with van der Waals surface area (Å²) in [7, 11) is 0. The predicted octanol–water partition coefficient (Wildman–Crippen LogP) is 2.75. The van der Waals surface area contributed by atoms with Crippen molar-refractivity contribution in [3.63, 3.8) is 0 Å². The maximum atomic E-state index is 13.0. The molecular formula is C20H20FN5O. The molecule has 3 aromatic rings. The van der Waals surface area contributed by atoms with Gasteiger partial charge < -0.3 is 4.90 Å². The molecule has 1 aromatic carbocycles. The number of aromatic nitrogens is 4. The topological polar surface area (TPSA) is 63.9 Å². The molecule has 0 radical (unpaired) electrons. The molecule has 0 aliphatic carbocycles. The van der Waals surface area contributed by atoms with Crippen molar-refractivity contribution in [3.8, 4) is 5.82 Å². The van der Waals surface area contributed by atoms with Crippen LogP contribution in [0.15, 0.2) is 55.4 Å². The lowest BCUT2D eigenvalue weighted by molar-refractivity contribution is -0.131. The van der Waals surface area contributed by atoms with Crippen LogP contribution in [0.25, 0.3) is 5.82 Å². The SMILES string of the molecule is O=C(Cc1ccc(F)cc1)N1CCC(c2nccnc2-n2ccnc2)CC1. The number of hydrogen-bond acceptors (Lipinski definition) is 4. The first-order valence-electron chi connectivity index (χ1n) is 9.02. The number of benzene rings is 1. The van der Waals surface area contributed by atoms with Crippen molar-refractivity contribution in [3.05, 3.63) is 72.5 Å². The Hall–Kier alpha value is -3.09. The molecule has 0 N–H and O–H groups in total. The molecule has 1 fully saturated rings. The third kappa shape index (κ3) is 3.86. The second-order valence-corrected chi connectivity index (χ2v) is 6.69. The van der Waals surface area contributed by atoms with Gasteiger partial charge in [0.1, 0.15) is 12.1 Å². The molecule has 0 spiro atoms. The summed E-state index contributed by atoms with van der Waals surface area (Å²) in [6.45, 7) is 1.37. The monoisotopic (exact) mass is 365 g/mol. The molecule has 6 nitrogen and oxygen atoms in total. The number of halogens is 1. The first kappa shape index (κ1) is 17.3. The highest BCUT2D eigenvalue weighted by Crippen LogP contribution is 2.29. The number of hydrogen-bond donors (Lipinski definition) is 0. The number of likely N-dealkylation sites (tertiary alicyclic amines) is 1. The van der Waals surface area contributed by atoms with Crippen LogP contribution >= 0.6 is 0 Å². The van der Waals surface area contributed by atoms with E-state index in [1.165, 1.54) is 12.1 Å². The zero-order valence-electron chi connectivity index (χ0n) is 14.8. The van der Waals surface area contributed by atoms with E-state index in [0.717, 1.165) is 29.9 Å². The molecule has 0 saturated carbocycles. The molecule has 1 saturated heterocycles. The molecule has 3 heterocycles. The zero-order chi connectivity index (χ0) is 18.6. The van der Waals surface area contributed by atoms with Gasteiger partial charge in [-0.2, -0.15) is 0 Å². The van der Waals surface area contributed by atoms with Crippen LogP contribution in [0.3, 0.4) is 0 Å². The zero-order valence-corrected chi connectivity index (χ0v) is 14.8. The third-order valence-corrected chi connectivity index (χ3v) is 4.96. The largest absolute Gasteiger partial charge is 0.342 e. The minimum Gasteiger partial charge on any atom is -0.342 e. The standard InChI is InChI=1S/C20H20FN5O/c21-17-3-1-15(2-4-17)13-18(27)25-10-5-16(6-11-25)19-20(24-8-7-23-19)26-12-9-22-14-26/h1-4,7-9,12,14,16H,5-6,10-11,13H2. The highest BCUT2D eigenvalue weighted by Gasteiger charge is 2.27. The fourth-order valence-corrected chi connectivity index (χ4v) is 3.50. The minimum absolute atomic E-state index is 0.0778. The molecule has 138 valence electrons. The fraction of sp³-hybridized carbons (Fsp3) is 0.300. The highest BCUT2D eigenvalue weighted by molar-refractivity contribution is 5.78. The van der Waals surface area contributed by atoms with Crippen molar-refractivity contribution in [2.75, 3.05) is 13.1 Å². The molecular weight excluding hydrogens is 345 g/mol. The van der Waals surface area contributed by atoms with Crippen molar-refractivity contribution in [1.29, 1.82) is 0 Å². The molecule has 0 bridgehead atoms. The molecule has 7 heteroatoms. The average Bonchev–Trinajstić information content (AvgIpc) is 3.24. The maximum Gasteiger partial charge on any atom is 0.226 e. The van der Waals surface area contributed by atoms with E-state index in [9.17, 15) is 9.18 Å². The Balaban J connectivity index is 1.41. The van der Waals surface area contributed by atoms with Gasteiger partial charge in [0.25, 0.3) is 0 Å². The molecule has 0 unspecified atom stereocenters. The van der Waals surface area contributed by atoms with Gasteiger partial charge in [-0.3, -0.25) is 14.3 Å². The van der Waals surface area contributed by atoms with E-state index in [1.807, 2.05) is 15.7 Å². The number of rotatable bonds is 4. The normalized spacial score (nSPS) is 15.1. The quantitative estimate of drug-likeness (QED) is 0.713. The Bertz CT molecular complexity index is 902. The Morgan fingerprint density at radius 3 is 2.52 bits per heavy atom. The lowest BCUT2D eigenvalue weighted by atomic mass is 9.92. The van der Waals surface area contributed by atoms with Gasteiger partial charge >= 0.3 is 0 Å². The van der Waals surface area contributed by atoms with E-state index in [1.54, 1.807) is 37.1 Å². The molecule has 2 aromatic heterocycles. The molecule has 1 aliphatic heterocycles. The van der Waals surface area contributed by atoms with Crippen LogP contribution in [0.1, 0.15) is 30.0 Å². The van der Waals surface area contributed by atoms with Gasteiger partial charge in [-0.15, -0.1) is 0 Å². The summed E-state index contributed by atoms with van der Waals surface area (Å²) in [6.07, 6.45) is 10.7. The van der Waals surface area contributed by atoms with Crippen LogP contribution in [0, 0.1) is 5.82 Å². The summed E-state index contributed by atoms with van der Waals surface area (Å²) in [6, 6.07) is 6.11. The number of imidazole rings is 1. The van der Waals surface area contributed by atoms with Crippen molar-refractivity contribution in [2.45, 2.75) is 25.2 Å². The summed E-state index contributed by atoms with van der Waals surface area (Å²) in [5.74, 6) is 0.843. The molecule has 1 amide bonds. The van der Waals surface area contributed by atoms with E-state index in [2.05, 4.69) is 15.0 Å². The fourth-order valence-electron chi connectivity index (χ4n) is 3.50. The van der Waals surface area contributed by atoms with E-state index in [-0.39, 0.29) is 17.6 Å². The highest BCUT2D eigenvalue weighted by atomic mass is 19.1. The number of amides is 1. The Kier molecular flexibility index (Phi) is 4.91. The van der Waals surface area contributed by atoms with Crippen molar-refractivity contribution in [2.24, 2.45) is 0 Å². The molecule has 1 aliphatic rings. The lowest BCUT2D eigenvalue weighted by Gasteiger charge is -2.32. The molecule has 4 rings (SSSR count). The van der Waals surface area contributed by atoms with Crippen LogP contribution in [0.4, 0.5) is 4.39 Å². The van der Waals surface area contributed by atoms with Crippen molar-refractivity contribution >= 4 is 5.91 Å². The number of carbonyl (C=O) groups is 1. The van der Waals surface area contributed by atoms with Gasteiger partial charge in [0.05, 0.1) is 12.1 Å². The first-order chi connectivity index (χ1) is 13.2. The van der Waals surface area contributed by atoms with Crippen LogP contribution < -0.4 is 0 Å². The third-order valence-electron chi connectivity index (χ3n) is 4.96. The smallest absolute Gasteiger partial charge is 0.226 e. The van der Waals surface area contributed by atoms with Gasteiger partial charge in [-0.25, -0.2) is 14.4 Å². The summed E-state index contributed by atoms with van der Waals surface area (Å²) >= 11 is 0. The summed E-state index contributed by atoms with van der Waals surface area (Å²) in [5.41, 5.74) is 1.78. The first-order valence-corrected chi connectivity index (χ1v) is 9.02. The molecule has 0 atom stereocenters. The second-order valence-electron chi connectivity index (χ2n) is 6.69. The Morgan fingerprint density at radius 1 is 1.07 bits per heavy atom. The van der Waals surface area contributed by atoms with Crippen molar-refractivity contribution < 1.29 is 9.18 Å². The van der Waals surface area contributed by atoms with E-state index >= 15 is 0 Å². The lowest BCUT2D eigenvalue weighted by Crippen LogP contribution is -2.39. The minimum atomic E-state index is -0.287. The summed E-state index contributed by atoms with van der Waals surface area (Å²) < 4.78 is 14.9. The molecule has 27 heavy (non-hydrogen) atoms. The van der Waals surface area contributed by atoms with E-state index < -0.39 is 0 Å². The van der Waals surface area contributed by atoms with Crippen LogP contribution in [0.5, 0.6) is 0 Å². The number of piperidine rings is 1. The van der Waals surface area contributed by atoms with Crippen LogP contribution in [-0.2, 0) is 11.2 Å². The van der Waals surface area contributed by atoms with Crippen LogP contribution in [0.2, 0.25) is 0 Å². The second kappa shape index (κ2) is 7.65. The van der Waals surface area contributed by atoms with Crippen molar-refractivity contribution in [1.82, 2.24) is 24.4 Å². The average molecular weight is 365 g/mol. The summed E-state index contributed by atoms with van der Waals surface area (Å²) in [5, 5.41) is 0. The van der Waals surface area contributed by atoms with Gasteiger partial charge in [0.2, 0.25) is 5.91 Å². The Labute approximate surface area is 156 Å². The maximum absolute atomic E-state index is 13.0.